The lowest BCUT2D eigenvalue weighted by atomic mass is 9.95. The van der Waals surface area contributed by atoms with Crippen LogP contribution in [0.25, 0.3) is 0 Å². The topological polar surface area (TPSA) is 17.1 Å². The molecule has 0 aliphatic carbocycles. The molecule has 74 valence electrons. The van der Waals surface area contributed by atoms with Crippen LogP contribution in [0.1, 0.15) is 29.8 Å². The van der Waals surface area contributed by atoms with Gasteiger partial charge in [-0.1, -0.05) is 32.0 Å². The number of carbonyl (C=O) groups is 1. The Bertz CT molecular complexity index is 384. The van der Waals surface area contributed by atoms with E-state index < -0.39 is 0 Å². The van der Waals surface area contributed by atoms with E-state index in [1.165, 1.54) is 10.5 Å². The van der Waals surface area contributed by atoms with Crippen molar-refractivity contribution in [1.82, 2.24) is 0 Å². The van der Waals surface area contributed by atoms with Crippen molar-refractivity contribution in [2.24, 2.45) is 5.92 Å². The maximum absolute atomic E-state index is 12.0. The number of hydrogen-bond acceptors (Lipinski definition) is 2. The Hall–Kier alpha value is -0.760. The first kappa shape index (κ1) is 9.78. The third kappa shape index (κ3) is 1.38. The van der Waals surface area contributed by atoms with Crippen LogP contribution in [0, 0.1) is 12.8 Å². The van der Waals surface area contributed by atoms with Crippen LogP contribution in [0.15, 0.2) is 23.1 Å². The highest BCUT2D eigenvalue weighted by Gasteiger charge is 2.30. The van der Waals surface area contributed by atoms with E-state index in [9.17, 15) is 4.79 Å². The lowest BCUT2D eigenvalue weighted by molar-refractivity contribution is 0.0924. The van der Waals surface area contributed by atoms with Crippen molar-refractivity contribution in [2.75, 3.05) is 0 Å². The predicted octanol–water partition coefficient (Wildman–Crippen LogP) is 3.31. The predicted molar refractivity (Wildman–Crippen MR) is 60.0 cm³/mol. The molecule has 1 heterocycles. The van der Waals surface area contributed by atoms with Gasteiger partial charge in [0, 0.05) is 21.6 Å². The van der Waals surface area contributed by atoms with E-state index in [1.54, 1.807) is 0 Å². The molecule has 0 N–H and O–H groups in total. The molecule has 0 saturated carbocycles. The standard InChI is InChI=1S/C12H14OS/c1-7-5-4-6-10-11(13)8(2)9(3)14-12(7)10/h4-6,8-9H,1-3H3. The van der Waals surface area contributed by atoms with Gasteiger partial charge in [-0.25, -0.2) is 0 Å². The van der Waals surface area contributed by atoms with Crippen molar-refractivity contribution in [3.8, 4) is 0 Å². The number of ketones is 1. The zero-order chi connectivity index (χ0) is 10.3. The molecule has 0 saturated heterocycles. The lowest BCUT2D eigenvalue weighted by Gasteiger charge is -2.27. The van der Waals surface area contributed by atoms with E-state index in [4.69, 9.17) is 0 Å². The highest BCUT2D eigenvalue weighted by molar-refractivity contribution is 8.00. The number of Topliss-reactive ketones (excluding diaryl/α,β-unsaturated/α-hetero) is 1. The normalized spacial score (nSPS) is 26.1. The van der Waals surface area contributed by atoms with Crippen molar-refractivity contribution >= 4 is 17.5 Å². The van der Waals surface area contributed by atoms with E-state index in [0.29, 0.717) is 11.0 Å². The highest BCUT2D eigenvalue weighted by atomic mass is 32.2. The Morgan fingerprint density at radius 1 is 1.29 bits per heavy atom. The lowest BCUT2D eigenvalue weighted by Crippen LogP contribution is -2.26. The van der Waals surface area contributed by atoms with Gasteiger partial charge in [0.2, 0.25) is 0 Å². The van der Waals surface area contributed by atoms with E-state index in [-0.39, 0.29) is 5.92 Å². The largest absolute Gasteiger partial charge is 0.294 e. The second-order valence-corrected chi connectivity index (χ2v) is 5.32. The monoisotopic (exact) mass is 206 g/mol. The molecule has 0 fully saturated rings. The Morgan fingerprint density at radius 3 is 2.71 bits per heavy atom. The minimum atomic E-state index is 0.147. The van der Waals surface area contributed by atoms with Crippen molar-refractivity contribution < 1.29 is 4.79 Å². The minimum absolute atomic E-state index is 0.147. The molecule has 1 aromatic carbocycles. The second-order valence-electron chi connectivity index (χ2n) is 3.93. The number of hydrogen-bond donors (Lipinski definition) is 0. The molecule has 0 bridgehead atoms. The molecule has 0 spiro atoms. The number of rotatable bonds is 0. The number of thioether (sulfide) groups is 1. The van der Waals surface area contributed by atoms with Gasteiger partial charge in [-0.3, -0.25) is 4.79 Å². The summed E-state index contributed by atoms with van der Waals surface area (Å²) >= 11 is 1.83. The van der Waals surface area contributed by atoms with E-state index >= 15 is 0 Å². The molecule has 1 aliphatic heterocycles. The fraction of sp³-hybridized carbons (Fsp3) is 0.417. The third-order valence-corrected chi connectivity index (χ3v) is 4.46. The number of carbonyl (C=O) groups excluding carboxylic acids is 1. The molecule has 1 aromatic rings. The maximum Gasteiger partial charge on any atom is 0.167 e. The van der Waals surface area contributed by atoms with Crippen molar-refractivity contribution in [1.29, 1.82) is 0 Å². The number of fused-ring (bicyclic) bond motifs is 1. The molecule has 1 nitrogen and oxygen atoms in total. The molecular weight excluding hydrogens is 192 g/mol. The number of benzene rings is 1. The Labute approximate surface area is 88.9 Å². The first-order valence-corrected chi connectivity index (χ1v) is 5.79. The molecule has 1 aliphatic rings. The maximum atomic E-state index is 12.0. The molecule has 2 heteroatoms. The molecule has 0 amide bonds. The smallest absolute Gasteiger partial charge is 0.167 e. The zero-order valence-corrected chi connectivity index (χ0v) is 9.52. The average Bonchev–Trinajstić information content (AvgIpc) is 2.17. The highest BCUT2D eigenvalue weighted by Crippen LogP contribution is 2.39. The average molecular weight is 206 g/mol. The summed E-state index contributed by atoms with van der Waals surface area (Å²) in [4.78, 5) is 13.1. The van der Waals surface area contributed by atoms with Crippen LogP contribution < -0.4 is 0 Å². The van der Waals surface area contributed by atoms with Crippen LogP contribution in [0.5, 0.6) is 0 Å². The molecule has 0 radical (unpaired) electrons. The Balaban J connectivity index is 2.56. The van der Waals surface area contributed by atoms with Gasteiger partial charge < -0.3 is 0 Å². The van der Waals surface area contributed by atoms with Gasteiger partial charge in [0.1, 0.15) is 0 Å². The Morgan fingerprint density at radius 2 is 2.00 bits per heavy atom. The minimum Gasteiger partial charge on any atom is -0.294 e. The van der Waals surface area contributed by atoms with Crippen LogP contribution >= 0.6 is 11.8 Å². The fourth-order valence-electron chi connectivity index (χ4n) is 1.75. The summed E-state index contributed by atoms with van der Waals surface area (Å²) < 4.78 is 0. The summed E-state index contributed by atoms with van der Waals surface area (Å²) in [5, 5.41) is 0.399. The van der Waals surface area contributed by atoms with Crippen LogP contribution in [-0.4, -0.2) is 11.0 Å². The molecule has 2 unspecified atom stereocenters. The fourth-order valence-corrected chi connectivity index (χ4v) is 3.00. The van der Waals surface area contributed by atoms with E-state index in [0.717, 1.165) is 5.56 Å². The second kappa shape index (κ2) is 3.43. The summed E-state index contributed by atoms with van der Waals surface area (Å²) in [6.45, 7) is 6.22. The van der Waals surface area contributed by atoms with Crippen molar-refractivity contribution in [2.45, 2.75) is 30.9 Å². The van der Waals surface area contributed by atoms with Gasteiger partial charge in [-0.05, 0) is 12.5 Å². The van der Waals surface area contributed by atoms with Crippen LogP contribution in [-0.2, 0) is 0 Å². The van der Waals surface area contributed by atoms with Crippen molar-refractivity contribution in [3.63, 3.8) is 0 Å². The summed E-state index contributed by atoms with van der Waals surface area (Å²) in [5.74, 6) is 0.448. The van der Waals surface area contributed by atoms with Gasteiger partial charge in [0.25, 0.3) is 0 Å². The quantitative estimate of drug-likeness (QED) is 0.648. The molecule has 2 atom stereocenters. The van der Waals surface area contributed by atoms with E-state index in [1.807, 2.05) is 30.8 Å². The first-order valence-electron chi connectivity index (χ1n) is 4.91. The molecule has 14 heavy (non-hydrogen) atoms. The van der Waals surface area contributed by atoms with Gasteiger partial charge in [-0.15, -0.1) is 11.8 Å². The Kier molecular flexibility index (Phi) is 2.40. The van der Waals surface area contributed by atoms with Gasteiger partial charge in [0.15, 0.2) is 5.78 Å². The first-order chi connectivity index (χ1) is 6.61. The van der Waals surface area contributed by atoms with E-state index in [2.05, 4.69) is 19.9 Å². The zero-order valence-electron chi connectivity index (χ0n) is 8.70. The summed E-state index contributed by atoms with van der Waals surface area (Å²) in [6.07, 6.45) is 0. The molecule has 0 aromatic heterocycles. The van der Waals surface area contributed by atoms with Gasteiger partial charge in [0.05, 0.1) is 0 Å². The molecule has 2 rings (SSSR count). The number of aryl methyl sites for hydroxylation is 1. The van der Waals surface area contributed by atoms with Crippen molar-refractivity contribution in [3.05, 3.63) is 29.3 Å². The summed E-state index contributed by atoms with van der Waals surface area (Å²) in [6, 6.07) is 5.98. The SMILES string of the molecule is Cc1cccc2c1SC(C)C(C)C2=O. The van der Waals surface area contributed by atoms with Crippen LogP contribution in [0.2, 0.25) is 0 Å². The van der Waals surface area contributed by atoms with Crippen LogP contribution in [0.3, 0.4) is 0 Å². The molecular formula is C12H14OS. The summed E-state index contributed by atoms with van der Waals surface area (Å²) in [7, 11) is 0. The summed E-state index contributed by atoms with van der Waals surface area (Å²) in [5.41, 5.74) is 2.14. The van der Waals surface area contributed by atoms with Crippen LogP contribution in [0.4, 0.5) is 0 Å². The van der Waals surface area contributed by atoms with Gasteiger partial charge in [-0.2, -0.15) is 0 Å². The third-order valence-electron chi connectivity index (χ3n) is 2.90. The van der Waals surface area contributed by atoms with Gasteiger partial charge >= 0.3 is 0 Å².